The fourth-order valence-electron chi connectivity index (χ4n) is 3.91. The minimum Gasteiger partial charge on any atom is -0.495 e. The van der Waals surface area contributed by atoms with Gasteiger partial charge < -0.3 is 15.0 Å². The molecule has 0 radical (unpaired) electrons. The van der Waals surface area contributed by atoms with Gasteiger partial charge in [0.2, 0.25) is 11.8 Å². The highest BCUT2D eigenvalue weighted by molar-refractivity contribution is 6.31. The van der Waals surface area contributed by atoms with E-state index in [1.54, 1.807) is 25.3 Å². The zero-order chi connectivity index (χ0) is 19.4. The van der Waals surface area contributed by atoms with Gasteiger partial charge in [-0.15, -0.1) is 0 Å². The van der Waals surface area contributed by atoms with E-state index in [1.165, 1.54) is 0 Å². The number of ether oxygens (including phenoxy) is 1. The molecule has 2 amide bonds. The van der Waals surface area contributed by atoms with Crippen LogP contribution in [-0.4, -0.2) is 60.9 Å². The Balaban J connectivity index is 1.54. The van der Waals surface area contributed by atoms with E-state index >= 15 is 0 Å². The van der Waals surface area contributed by atoms with Gasteiger partial charge in [-0.25, -0.2) is 0 Å². The van der Waals surface area contributed by atoms with Crippen LogP contribution in [0.4, 0.5) is 5.69 Å². The lowest BCUT2D eigenvalue weighted by Gasteiger charge is -2.36. The van der Waals surface area contributed by atoms with Crippen LogP contribution in [0.3, 0.4) is 0 Å². The minimum atomic E-state index is -0.281. The van der Waals surface area contributed by atoms with E-state index < -0.39 is 0 Å². The van der Waals surface area contributed by atoms with Crippen LogP contribution in [0, 0.1) is 5.92 Å². The molecular formula is C20H28ClN3O3. The summed E-state index contributed by atoms with van der Waals surface area (Å²) in [7, 11) is 1.56. The Kier molecular flexibility index (Phi) is 6.60. The zero-order valence-electron chi connectivity index (χ0n) is 16.0. The first-order valence-electron chi connectivity index (χ1n) is 9.67. The number of amides is 2. The van der Waals surface area contributed by atoms with Crippen molar-refractivity contribution in [1.82, 2.24) is 9.80 Å². The topological polar surface area (TPSA) is 61.9 Å². The third kappa shape index (κ3) is 4.74. The fraction of sp³-hybridized carbons (Fsp3) is 0.600. The Morgan fingerprint density at radius 1 is 1.19 bits per heavy atom. The molecule has 0 bridgehead atoms. The number of nitrogens with zero attached hydrogens (tertiary/aromatic N) is 2. The maximum Gasteiger partial charge on any atom is 0.241 e. The molecule has 0 unspecified atom stereocenters. The molecule has 1 aromatic carbocycles. The van der Waals surface area contributed by atoms with Crippen LogP contribution in [-0.2, 0) is 9.59 Å². The molecule has 0 aromatic heterocycles. The monoisotopic (exact) mass is 393 g/mol. The molecule has 2 aliphatic rings. The number of nitrogens with one attached hydrogen (secondary N) is 1. The van der Waals surface area contributed by atoms with Crippen LogP contribution in [0.2, 0.25) is 5.02 Å². The van der Waals surface area contributed by atoms with Crippen molar-refractivity contribution < 1.29 is 14.3 Å². The SMILES string of the molecule is COc1ccc(Cl)cc1NC(=O)[C@@H](C)N1CCC(C(=O)N2CCCC2)CC1. The maximum atomic E-state index is 12.7. The molecule has 2 fully saturated rings. The summed E-state index contributed by atoms with van der Waals surface area (Å²) in [5.74, 6) is 0.880. The van der Waals surface area contributed by atoms with Crippen LogP contribution in [0.5, 0.6) is 5.75 Å². The second-order valence-corrected chi connectivity index (χ2v) is 7.79. The van der Waals surface area contributed by atoms with E-state index in [4.69, 9.17) is 16.3 Å². The summed E-state index contributed by atoms with van der Waals surface area (Å²) in [6.07, 6.45) is 3.87. The molecule has 0 spiro atoms. The molecule has 0 saturated carbocycles. The van der Waals surface area contributed by atoms with Gasteiger partial charge >= 0.3 is 0 Å². The van der Waals surface area contributed by atoms with Crippen molar-refractivity contribution >= 4 is 29.1 Å². The average Bonchev–Trinajstić information content (AvgIpc) is 3.22. The summed E-state index contributed by atoms with van der Waals surface area (Å²) in [5, 5.41) is 3.45. The number of carbonyl (C=O) groups excluding carboxylic acids is 2. The number of rotatable bonds is 5. The first kappa shape index (κ1) is 20.0. The molecule has 2 heterocycles. The van der Waals surface area contributed by atoms with E-state index in [9.17, 15) is 9.59 Å². The summed E-state index contributed by atoms with van der Waals surface area (Å²) in [5.41, 5.74) is 0.570. The van der Waals surface area contributed by atoms with E-state index in [0.717, 1.165) is 51.9 Å². The predicted octanol–water partition coefficient (Wildman–Crippen LogP) is 3.01. The quantitative estimate of drug-likeness (QED) is 0.835. The molecule has 1 aromatic rings. The van der Waals surface area contributed by atoms with E-state index in [-0.39, 0.29) is 17.9 Å². The second kappa shape index (κ2) is 8.93. The number of likely N-dealkylation sites (tertiary alicyclic amines) is 2. The largest absolute Gasteiger partial charge is 0.495 e. The highest BCUT2D eigenvalue weighted by Gasteiger charge is 2.32. The van der Waals surface area contributed by atoms with Gasteiger partial charge in [0.15, 0.2) is 0 Å². The lowest BCUT2D eigenvalue weighted by Crippen LogP contribution is -2.48. The first-order chi connectivity index (χ1) is 13.0. The second-order valence-electron chi connectivity index (χ2n) is 7.35. The molecule has 3 rings (SSSR count). The maximum absolute atomic E-state index is 12.7. The molecule has 0 aliphatic carbocycles. The number of hydrogen-bond acceptors (Lipinski definition) is 4. The van der Waals surface area contributed by atoms with Crippen molar-refractivity contribution in [3.63, 3.8) is 0 Å². The summed E-state index contributed by atoms with van der Waals surface area (Å²) in [6, 6.07) is 4.86. The van der Waals surface area contributed by atoms with E-state index in [1.807, 2.05) is 11.8 Å². The average molecular weight is 394 g/mol. The summed E-state index contributed by atoms with van der Waals surface area (Å²) < 4.78 is 5.29. The van der Waals surface area contributed by atoms with Crippen LogP contribution in [0.1, 0.15) is 32.6 Å². The molecule has 7 heteroatoms. The van der Waals surface area contributed by atoms with Gasteiger partial charge in [0, 0.05) is 24.0 Å². The number of methoxy groups -OCH3 is 1. The lowest BCUT2D eigenvalue weighted by atomic mass is 9.94. The van der Waals surface area contributed by atoms with Crippen LogP contribution in [0.15, 0.2) is 18.2 Å². The Morgan fingerprint density at radius 3 is 2.48 bits per heavy atom. The van der Waals surface area contributed by atoms with E-state index in [2.05, 4.69) is 10.2 Å². The highest BCUT2D eigenvalue weighted by atomic mass is 35.5. The Hall–Kier alpha value is -1.79. The van der Waals surface area contributed by atoms with Crippen molar-refractivity contribution in [1.29, 1.82) is 0 Å². The van der Waals surface area contributed by atoms with Crippen molar-refractivity contribution in [2.75, 3.05) is 38.6 Å². The van der Waals surface area contributed by atoms with Crippen LogP contribution < -0.4 is 10.1 Å². The standard InChI is InChI=1S/C20H28ClN3O3/c1-14(19(25)22-17-13-16(21)5-6-18(17)27-2)23-11-7-15(8-12-23)20(26)24-9-3-4-10-24/h5-6,13-15H,3-4,7-12H2,1-2H3,(H,22,25)/t14-/m1/s1. The Labute approximate surface area is 165 Å². The van der Waals surface area contributed by atoms with Crippen molar-refractivity contribution in [3.8, 4) is 5.75 Å². The third-order valence-electron chi connectivity index (χ3n) is 5.64. The predicted molar refractivity (Wildman–Crippen MR) is 106 cm³/mol. The van der Waals surface area contributed by atoms with Gasteiger partial charge in [-0.3, -0.25) is 14.5 Å². The molecule has 1 N–H and O–H groups in total. The third-order valence-corrected chi connectivity index (χ3v) is 5.88. The van der Waals surface area contributed by atoms with Crippen LogP contribution in [0.25, 0.3) is 0 Å². The van der Waals surface area contributed by atoms with Crippen molar-refractivity contribution in [2.45, 2.75) is 38.6 Å². The van der Waals surface area contributed by atoms with Gasteiger partial charge in [-0.1, -0.05) is 11.6 Å². The van der Waals surface area contributed by atoms with Crippen LogP contribution >= 0.6 is 11.6 Å². The smallest absolute Gasteiger partial charge is 0.241 e. The Bertz CT molecular complexity index is 683. The molecule has 2 saturated heterocycles. The summed E-state index contributed by atoms with van der Waals surface area (Å²) in [6.45, 7) is 5.21. The van der Waals surface area contributed by atoms with Crippen molar-refractivity contribution in [3.05, 3.63) is 23.2 Å². The zero-order valence-corrected chi connectivity index (χ0v) is 16.8. The highest BCUT2D eigenvalue weighted by Crippen LogP contribution is 2.28. The van der Waals surface area contributed by atoms with Gasteiger partial charge in [0.05, 0.1) is 18.8 Å². The molecule has 2 aliphatic heterocycles. The van der Waals surface area contributed by atoms with E-state index in [0.29, 0.717) is 22.4 Å². The number of hydrogen-bond donors (Lipinski definition) is 1. The molecular weight excluding hydrogens is 366 g/mol. The van der Waals surface area contributed by atoms with Gasteiger partial charge in [-0.2, -0.15) is 0 Å². The first-order valence-corrected chi connectivity index (χ1v) is 10.0. The summed E-state index contributed by atoms with van der Waals surface area (Å²) >= 11 is 6.03. The Morgan fingerprint density at radius 2 is 1.85 bits per heavy atom. The number of piperidine rings is 1. The number of halogens is 1. The summed E-state index contributed by atoms with van der Waals surface area (Å²) in [4.78, 5) is 29.4. The fourth-order valence-corrected chi connectivity index (χ4v) is 4.08. The number of carbonyl (C=O) groups is 2. The number of anilines is 1. The lowest BCUT2D eigenvalue weighted by molar-refractivity contribution is -0.136. The van der Waals surface area contributed by atoms with Gasteiger partial charge in [0.1, 0.15) is 5.75 Å². The van der Waals surface area contributed by atoms with Crippen molar-refractivity contribution in [2.24, 2.45) is 5.92 Å². The molecule has 6 nitrogen and oxygen atoms in total. The molecule has 1 atom stereocenters. The molecule has 148 valence electrons. The minimum absolute atomic E-state index is 0.0973. The normalized spacial score (nSPS) is 19.7. The molecule has 27 heavy (non-hydrogen) atoms. The van der Waals surface area contributed by atoms with Gasteiger partial charge in [0.25, 0.3) is 0 Å². The number of benzene rings is 1. The van der Waals surface area contributed by atoms with Gasteiger partial charge in [-0.05, 0) is 63.9 Å².